The van der Waals surface area contributed by atoms with Gasteiger partial charge in [-0.2, -0.15) is 0 Å². The number of nitrogens with zero attached hydrogens (tertiary/aromatic N) is 1. The molecule has 5 heteroatoms. The highest BCUT2D eigenvalue weighted by Gasteiger charge is 2.15. The number of aromatic nitrogens is 1. The zero-order chi connectivity index (χ0) is 18.1. The highest BCUT2D eigenvalue weighted by Crippen LogP contribution is 2.37. The monoisotopic (exact) mass is 378 g/mol. The van der Waals surface area contributed by atoms with Crippen LogP contribution in [0.25, 0.3) is 20.8 Å². The highest BCUT2D eigenvalue weighted by atomic mass is 32.1. The fraction of sp³-hybridized carbons (Fsp3) is 0.143. The molecule has 0 aliphatic heterocycles. The molecule has 0 saturated heterocycles. The van der Waals surface area contributed by atoms with Crippen molar-refractivity contribution in [1.29, 1.82) is 0 Å². The van der Waals surface area contributed by atoms with E-state index in [1.807, 2.05) is 48.7 Å². The minimum atomic E-state index is 0.00163. The lowest BCUT2D eigenvalue weighted by atomic mass is 10.0. The third kappa shape index (κ3) is 3.41. The lowest BCUT2D eigenvalue weighted by Gasteiger charge is -2.08. The third-order valence-electron chi connectivity index (χ3n) is 4.29. The van der Waals surface area contributed by atoms with Crippen LogP contribution < -0.4 is 5.32 Å². The molecule has 3 nitrogen and oxygen atoms in total. The molecule has 2 aromatic carbocycles. The number of nitrogens with one attached hydrogen (secondary N) is 1. The molecule has 0 bridgehead atoms. The number of aryl methyl sites for hydroxylation is 2. The molecule has 0 radical (unpaired) electrons. The number of hydrogen-bond donors (Lipinski definition) is 1. The summed E-state index contributed by atoms with van der Waals surface area (Å²) in [6.07, 6.45) is 0.378. The lowest BCUT2D eigenvalue weighted by Crippen LogP contribution is -2.14. The summed E-state index contributed by atoms with van der Waals surface area (Å²) in [6, 6.07) is 16.3. The van der Waals surface area contributed by atoms with Gasteiger partial charge in [0.25, 0.3) is 0 Å². The zero-order valence-electron chi connectivity index (χ0n) is 14.6. The molecule has 0 unspecified atom stereocenters. The molecular formula is C21H18N2OS2. The minimum absolute atomic E-state index is 0.00163. The van der Waals surface area contributed by atoms with Gasteiger partial charge in [0.05, 0.1) is 16.6 Å². The van der Waals surface area contributed by atoms with E-state index in [1.54, 1.807) is 11.3 Å². The molecule has 0 aliphatic rings. The smallest absolute Gasteiger partial charge is 0.229 e. The highest BCUT2D eigenvalue weighted by molar-refractivity contribution is 7.22. The van der Waals surface area contributed by atoms with Crippen LogP contribution in [-0.2, 0) is 11.2 Å². The van der Waals surface area contributed by atoms with Crippen molar-refractivity contribution in [2.24, 2.45) is 0 Å². The number of thiophene rings is 1. The quantitative estimate of drug-likeness (QED) is 0.486. The van der Waals surface area contributed by atoms with E-state index < -0.39 is 0 Å². The second-order valence-electron chi connectivity index (χ2n) is 6.31. The Labute approximate surface area is 160 Å². The van der Waals surface area contributed by atoms with Crippen molar-refractivity contribution in [1.82, 2.24) is 4.98 Å². The van der Waals surface area contributed by atoms with Crippen LogP contribution in [0.15, 0.2) is 53.9 Å². The standard InChI is InChI=1S/C21H18N2OS2/c1-13-7-8-15(14(2)11-13)12-19(24)23-20-16(9-10-25-20)21-22-17-5-3-4-6-18(17)26-21/h3-11H,12H2,1-2H3,(H,23,24). The number of carbonyl (C=O) groups is 1. The molecule has 130 valence electrons. The maximum atomic E-state index is 12.6. The maximum Gasteiger partial charge on any atom is 0.229 e. The summed E-state index contributed by atoms with van der Waals surface area (Å²) >= 11 is 3.18. The first kappa shape index (κ1) is 16.9. The number of amides is 1. The Bertz CT molecular complexity index is 1060. The number of carbonyl (C=O) groups excluding carboxylic acids is 1. The number of para-hydroxylation sites is 1. The van der Waals surface area contributed by atoms with E-state index in [-0.39, 0.29) is 5.91 Å². The molecule has 4 rings (SSSR count). The molecule has 0 aliphatic carbocycles. The average molecular weight is 379 g/mol. The summed E-state index contributed by atoms with van der Waals surface area (Å²) in [4.78, 5) is 17.3. The SMILES string of the molecule is Cc1ccc(CC(=O)Nc2sccc2-c2nc3ccccc3s2)c(C)c1. The molecule has 0 fully saturated rings. The molecule has 2 aromatic heterocycles. The fourth-order valence-electron chi connectivity index (χ4n) is 2.95. The number of thiazole rings is 1. The second kappa shape index (κ2) is 7.02. The number of rotatable bonds is 4. The Hall–Kier alpha value is -2.50. The van der Waals surface area contributed by atoms with Crippen LogP contribution in [0.3, 0.4) is 0 Å². The largest absolute Gasteiger partial charge is 0.317 e. The van der Waals surface area contributed by atoms with Crippen LogP contribution in [-0.4, -0.2) is 10.9 Å². The molecule has 4 aromatic rings. The predicted octanol–water partition coefficient (Wildman–Crippen LogP) is 5.82. The molecule has 1 amide bonds. The third-order valence-corrected chi connectivity index (χ3v) is 6.19. The van der Waals surface area contributed by atoms with E-state index >= 15 is 0 Å². The Morgan fingerprint density at radius 2 is 1.96 bits per heavy atom. The molecule has 1 N–H and O–H groups in total. The fourth-order valence-corrected chi connectivity index (χ4v) is 4.82. The molecule has 0 atom stereocenters. The van der Waals surface area contributed by atoms with Crippen LogP contribution in [0.1, 0.15) is 16.7 Å². The van der Waals surface area contributed by atoms with Crippen LogP contribution in [0.4, 0.5) is 5.00 Å². The molecule has 0 saturated carbocycles. The molecule has 0 spiro atoms. The van der Waals surface area contributed by atoms with Crippen molar-refractivity contribution in [2.75, 3.05) is 5.32 Å². The summed E-state index contributed by atoms with van der Waals surface area (Å²) in [5, 5.41) is 6.86. The zero-order valence-corrected chi connectivity index (χ0v) is 16.2. The van der Waals surface area contributed by atoms with Crippen molar-refractivity contribution >= 4 is 43.8 Å². The van der Waals surface area contributed by atoms with Gasteiger partial charge in [-0.15, -0.1) is 22.7 Å². The average Bonchev–Trinajstić information content (AvgIpc) is 3.23. The van der Waals surface area contributed by atoms with E-state index in [4.69, 9.17) is 4.98 Å². The number of benzene rings is 2. The lowest BCUT2D eigenvalue weighted by molar-refractivity contribution is -0.115. The summed E-state index contributed by atoms with van der Waals surface area (Å²) in [5.41, 5.74) is 5.41. The van der Waals surface area contributed by atoms with E-state index in [2.05, 4.69) is 24.4 Å². The number of hydrogen-bond acceptors (Lipinski definition) is 4. The summed E-state index contributed by atoms with van der Waals surface area (Å²) in [6.45, 7) is 4.11. The van der Waals surface area contributed by atoms with Crippen LogP contribution >= 0.6 is 22.7 Å². The first-order valence-corrected chi connectivity index (χ1v) is 10.1. The Morgan fingerprint density at radius 1 is 1.12 bits per heavy atom. The van der Waals surface area contributed by atoms with Gasteiger partial charge in [0, 0.05) is 5.56 Å². The van der Waals surface area contributed by atoms with Crippen LogP contribution in [0.5, 0.6) is 0 Å². The summed E-state index contributed by atoms with van der Waals surface area (Å²) in [7, 11) is 0. The molecule has 2 heterocycles. The van der Waals surface area contributed by atoms with Gasteiger partial charge in [-0.3, -0.25) is 4.79 Å². The van der Waals surface area contributed by atoms with Crippen molar-refractivity contribution in [3.63, 3.8) is 0 Å². The number of anilines is 1. The topological polar surface area (TPSA) is 42.0 Å². The van der Waals surface area contributed by atoms with Crippen molar-refractivity contribution in [3.8, 4) is 10.6 Å². The van der Waals surface area contributed by atoms with Gasteiger partial charge in [0.2, 0.25) is 5.91 Å². The van der Waals surface area contributed by atoms with E-state index in [0.29, 0.717) is 6.42 Å². The Balaban J connectivity index is 1.56. The van der Waals surface area contributed by atoms with Gasteiger partial charge in [0.15, 0.2) is 0 Å². The van der Waals surface area contributed by atoms with Gasteiger partial charge in [-0.05, 0) is 48.6 Å². The first-order valence-electron chi connectivity index (χ1n) is 8.39. The molecule has 26 heavy (non-hydrogen) atoms. The van der Waals surface area contributed by atoms with Crippen molar-refractivity contribution < 1.29 is 4.79 Å². The van der Waals surface area contributed by atoms with Gasteiger partial charge < -0.3 is 5.32 Å². The van der Waals surface area contributed by atoms with Crippen molar-refractivity contribution in [3.05, 3.63) is 70.6 Å². The van der Waals surface area contributed by atoms with E-state index in [9.17, 15) is 4.79 Å². The van der Waals surface area contributed by atoms with E-state index in [1.165, 1.54) is 16.9 Å². The van der Waals surface area contributed by atoms with Gasteiger partial charge in [0.1, 0.15) is 10.0 Å². The van der Waals surface area contributed by atoms with Crippen molar-refractivity contribution in [2.45, 2.75) is 20.3 Å². The Morgan fingerprint density at radius 3 is 2.77 bits per heavy atom. The predicted molar refractivity (Wildman–Crippen MR) is 111 cm³/mol. The normalized spacial score (nSPS) is 11.0. The summed E-state index contributed by atoms with van der Waals surface area (Å²) < 4.78 is 1.15. The van der Waals surface area contributed by atoms with Gasteiger partial charge >= 0.3 is 0 Å². The molecular weight excluding hydrogens is 360 g/mol. The van der Waals surface area contributed by atoms with Gasteiger partial charge in [-0.1, -0.05) is 35.9 Å². The summed E-state index contributed by atoms with van der Waals surface area (Å²) in [5.74, 6) is 0.00163. The van der Waals surface area contributed by atoms with Crippen LogP contribution in [0.2, 0.25) is 0 Å². The van der Waals surface area contributed by atoms with Gasteiger partial charge in [-0.25, -0.2) is 4.98 Å². The number of fused-ring (bicyclic) bond motifs is 1. The Kier molecular flexibility index (Phi) is 4.57. The minimum Gasteiger partial charge on any atom is -0.317 e. The maximum absolute atomic E-state index is 12.6. The second-order valence-corrected chi connectivity index (χ2v) is 8.25. The van der Waals surface area contributed by atoms with E-state index in [0.717, 1.165) is 36.9 Å². The van der Waals surface area contributed by atoms with Crippen LogP contribution in [0, 0.1) is 13.8 Å². The first-order chi connectivity index (χ1) is 12.6.